The first-order valence-corrected chi connectivity index (χ1v) is 9.98. The van der Waals surface area contributed by atoms with Crippen LogP contribution < -0.4 is 5.32 Å². The maximum Gasteiger partial charge on any atom is 0.433 e. The van der Waals surface area contributed by atoms with Crippen LogP contribution in [0, 0.1) is 13.8 Å². The molecule has 30 heavy (non-hydrogen) atoms. The maximum absolute atomic E-state index is 13.5. The number of nitrogens with one attached hydrogen (secondary N) is 1. The number of hydrogen-bond acceptors (Lipinski definition) is 4. The molecule has 0 aliphatic heterocycles. The second-order valence-electron chi connectivity index (χ2n) is 7.46. The summed E-state index contributed by atoms with van der Waals surface area (Å²) in [5, 5.41) is 11.5. The van der Waals surface area contributed by atoms with Gasteiger partial charge in [0, 0.05) is 30.8 Å². The fourth-order valence-electron chi connectivity index (χ4n) is 3.31. The number of rotatable bonds is 6. The summed E-state index contributed by atoms with van der Waals surface area (Å²) in [6.07, 6.45) is -2.37. The van der Waals surface area contributed by atoms with Crippen molar-refractivity contribution in [2.75, 3.05) is 6.54 Å². The fourth-order valence-corrected chi connectivity index (χ4v) is 3.44. The third-order valence-electron chi connectivity index (χ3n) is 5.09. The highest BCUT2D eigenvalue weighted by Gasteiger charge is 2.37. The number of aromatic nitrogens is 5. The van der Waals surface area contributed by atoms with Gasteiger partial charge in [0.05, 0.1) is 16.4 Å². The largest absolute Gasteiger partial charge is 0.433 e. The normalized spacial score (nSPS) is 14.5. The Bertz CT molecular complexity index is 1120. The summed E-state index contributed by atoms with van der Waals surface area (Å²) >= 11 is 6.11. The highest BCUT2D eigenvalue weighted by atomic mass is 35.5. The van der Waals surface area contributed by atoms with E-state index in [4.69, 9.17) is 11.6 Å². The second-order valence-corrected chi connectivity index (χ2v) is 7.83. The average Bonchev–Trinajstić information content (AvgIpc) is 3.40. The monoisotopic (exact) mass is 440 g/mol. The van der Waals surface area contributed by atoms with E-state index < -0.39 is 17.8 Å². The summed E-state index contributed by atoms with van der Waals surface area (Å²) in [5.74, 6) is -0.501. The molecule has 0 aromatic carbocycles. The molecule has 1 N–H and O–H groups in total. The molecule has 3 aromatic rings. The molecule has 1 saturated carbocycles. The molecule has 0 unspecified atom stereocenters. The van der Waals surface area contributed by atoms with Crippen molar-refractivity contribution in [3.8, 4) is 0 Å². The van der Waals surface area contributed by atoms with Crippen molar-refractivity contribution in [3.63, 3.8) is 0 Å². The number of aryl methyl sites for hydroxylation is 2. The molecule has 4 rings (SSSR count). The number of alkyl halides is 3. The van der Waals surface area contributed by atoms with E-state index >= 15 is 0 Å². The molecule has 7 nitrogen and oxygen atoms in total. The number of fused-ring (bicyclic) bond motifs is 1. The van der Waals surface area contributed by atoms with Gasteiger partial charge in [-0.1, -0.05) is 11.6 Å². The van der Waals surface area contributed by atoms with Crippen LogP contribution in [0.15, 0.2) is 12.1 Å². The summed E-state index contributed by atoms with van der Waals surface area (Å²) in [5.41, 5.74) is 0.976. The molecule has 0 atom stereocenters. The lowest BCUT2D eigenvalue weighted by atomic mass is 10.2. The molecule has 3 aromatic heterocycles. The Morgan fingerprint density at radius 3 is 2.60 bits per heavy atom. The SMILES string of the molecule is Cc1nn(CCCNC(=O)c2cc3nc(C4CC4)cc(C(F)(F)F)n3n2)c(C)c1Cl. The van der Waals surface area contributed by atoms with E-state index in [0.29, 0.717) is 34.7 Å². The van der Waals surface area contributed by atoms with E-state index in [1.54, 1.807) is 4.68 Å². The van der Waals surface area contributed by atoms with Gasteiger partial charge in [0.25, 0.3) is 5.91 Å². The summed E-state index contributed by atoms with van der Waals surface area (Å²) in [6.45, 7) is 4.54. The highest BCUT2D eigenvalue weighted by molar-refractivity contribution is 6.31. The van der Waals surface area contributed by atoms with Crippen molar-refractivity contribution in [3.05, 3.63) is 45.6 Å². The number of carbonyl (C=O) groups excluding carboxylic acids is 1. The Hall–Kier alpha value is -2.62. The first kappa shape index (κ1) is 20.6. The molecule has 0 spiro atoms. The lowest BCUT2D eigenvalue weighted by Crippen LogP contribution is -2.26. The smallest absolute Gasteiger partial charge is 0.351 e. The Kier molecular flexibility index (Phi) is 5.21. The molecule has 1 aliphatic carbocycles. The topological polar surface area (TPSA) is 77.1 Å². The predicted octanol–water partition coefficient (Wildman–Crippen LogP) is 3.91. The number of carbonyl (C=O) groups is 1. The van der Waals surface area contributed by atoms with Crippen molar-refractivity contribution in [1.82, 2.24) is 29.7 Å². The van der Waals surface area contributed by atoms with Crippen LogP contribution in [0.25, 0.3) is 5.65 Å². The van der Waals surface area contributed by atoms with Crippen LogP contribution in [-0.4, -0.2) is 36.8 Å². The third kappa shape index (κ3) is 4.00. The van der Waals surface area contributed by atoms with Gasteiger partial charge < -0.3 is 5.32 Å². The van der Waals surface area contributed by atoms with E-state index in [2.05, 4.69) is 20.5 Å². The molecule has 1 amide bonds. The van der Waals surface area contributed by atoms with Crippen LogP contribution in [0.2, 0.25) is 5.02 Å². The first-order chi connectivity index (χ1) is 14.1. The van der Waals surface area contributed by atoms with E-state index in [-0.39, 0.29) is 17.3 Å². The predicted molar refractivity (Wildman–Crippen MR) is 104 cm³/mol. The van der Waals surface area contributed by atoms with Crippen LogP contribution in [0.1, 0.15) is 58.4 Å². The van der Waals surface area contributed by atoms with Crippen molar-refractivity contribution < 1.29 is 18.0 Å². The van der Waals surface area contributed by atoms with Gasteiger partial charge in [-0.25, -0.2) is 9.50 Å². The zero-order valence-corrected chi connectivity index (χ0v) is 17.2. The maximum atomic E-state index is 13.5. The van der Waals surface area contributed by atoms with E-state index in [1.165, 1.54) is 6.07 Å². The fraction of sp³-hybridized carbons (Fsp3) is 0.474. The van der Waals surface area contributed by atoms with Crippen LogP contribution >= 0.6 is 11.6 Å². The van der Waals surface area contributed by atoms with Crippen LogP contribution in [0.5, 0.6) is 0 Å². The Balaban J connectivity index is 1.46. The first-order valence-electron chi connectivity index (χ1n) is 9.60. The third-order valence-corrected chi connectivity index (χ3v) is 5.64. The van der Waals surface area contributed by atoms with E-state index in [1.807, 2.05) is 13.8 Å². The Morgan fingerprint density at radius 1 is 1.27 bits per heavy atom. The lowest BCUT2D eigenvalue weighted by molar-refractivity contribution is -0.142. The number of hydrogen-bond donors (Lipinski definition) is 1. The van der Waals surface area contributed by atoms with Gasteiger partial charge in [-0.05, 0) is 39.2 Å². The number of nitrogens with zero attached hydrogens (tertiary/aromatic N) is 5. The number of halogens is 4. The second kappa shape index (κ2) is 7.57. The standard InChI is InChI=1S/C19H20ClF3N6O/c1-10-17(20)11(2)28(26-10)7-3-6-24-18(30)14-9-16-25-13(12-4-5-12)8-15(19(21,22)23)29(16)27-14/h8-9,12H,3-7H2,1-2H3,(H,24,30). The molecule has 1 aliphatic rings. The Morgan fingerprint density at radius 2 is 2.00 bits per heavy atom. The van der Waals surface area contributed by atoms with Crippen molar-refractivity contribution in [2.24, 2.45) is 0 Å². The zero-order chi connectivity index (χ0) is 21.6. The molecule has 0 bridgehead atoms. The summed E-state index contributed by atoms with van der Waals surface area (Å²) < 4.78 is 42.8. The lowest BCUT2D eigenvalue weighted by Gasteiger charge is -2.10. The van der Waals surface area contributed by atoms with Crippen molar-refractivity contribution in [1.29, 1.82) is 0 Å². The molecular formula is C19H20ClF3N6O. The zero-order valence-electron chi connectivity index (χ0n) is 16.4. The van der Waals surface area contributed by atoms with Gasteiger partial charge >= 0.3 is 6.18 Å². The molecule has 0 radical (unpaired) electrons. The van der Waals surface area contributed by atoms with Gasteiger partial charge in [0.15, 0.2) is 11.3 Å². The van der Waals surface area contributed by atoms with Gasteiger partial charge in [-0.15, -0.1) is 0 Å². The minimum absolute atomic E-state index is 0.0224. The minimum Gasteiger partial charge on any atom is -0.351 e. The molecular weight excluding hydrogens is 421 g/mol. The van der Waals surface area contributed by atoms with Crippen LogP contribution in [0.4, 0.5) is 13.2 Å². The molecule has 160 valence electrons. The summed E-state index contributed by atoms with van der Waals surface area (Å²) in [6, 6.07) is 2.32. The van der Waals surface area contributed by atoms with Gasteiger partial charge in [-0.2, -0.15) is 23.4 Å². The average molecular weight is 441 g/mol. The van der Waals surface area contributed by atoms with Gasteiger partial charge in [-0.3, -0.25) is 9.48 Å². The molecule has 3 heterocycles. The van der Waals surface area contributed by atoms with Gasteiger partial charge in [0.2, 0.25) is 0 Å². The van der Waals surface area contributed by atoms with Crippen molar-refractivity contribution in [2.45, 2.75) is 51.7 Å². The van der Waals surface area contributed by atoms with Crippen molar-refractivity contribution >= 4 is 23.2 Å². The Labute approximate surface area is 175 Å². The summed E-state index contributed by atoms with van der Waals surface area (Å²) in [4.78, 5) is 16.7. The quantitative estimate of drug-likeness (QED) is 0.589. The molecule has 11 heteroatoms. The van der Waals surface area contributed by atoms with Gasteiger partial charge in [0.1, 0.15) is 5.69 Å². The highest BCUT2D eigenvalue weighted by Crippen LogP contribution is 2.41. The number of amides is 1. The molecule has 0 saturated heterocycles. The molecule has 1 fully saturated rings. The van der Waals surface area contributed by atoms with E-state index in [9.17, 15) is 18.0 Å². The van der Waals surface area contributed by atoms with E-state index in [0.717, 1.165) is 30.3 Å². The minimum atomic E-state index is -4.59. The summed E-state index contributed by atoms with van der Waals surface area (Å²) in [7, 11) is 0. The van der Waals surface area contributed by atoms with Crippen LogP contribution in [-0.2, 0) is 12.7 Å². The van der Waals surface area contributed by atoms with Crippen LogP contribution in [0.3, 0.4) is 0 Å².